The van der Waals surface area contributed by atoms with Crippen molar-refractivity contribution in [1.82, 2.24) is 9.80 Å². The topological polar surface area (TPSA) is 96.2 Å². The summed E-state index contributed by atoms with van der Waals surface area (Å²) in [6, 6.07) is 6.45. The van der Waals surface area contributed by atoms with Gasteiger partial charge >= 0.3 is 0 Å². The lowest BCUT2D eigenvalue weighted by atomic mass is 9.83. The quantitative estimate of drug-likeness (QED) is 0.726. The molecule has 1 aromatic carbocycles. The van der Waals surface area contributed by atoms with Crippen molar-refractivity contribution in [2.45, 2.75) is 50.1 Å². The number of amides is 3. The van der Waals surface area contributed by atoms with Crippen molar-refractivity contribution >= 4 is 23.4 Å². The summed E-state index contributed by atoms with van der Waals surface area (Å²) in [4.78, 5) is 43.7. The SMILES string of the molecule is COc1ccc(N2C(=O)CC(N3CCC(C(N)=O)(N4CCCCC4)CC3)C2=O)cc1. The molecule has 1 aromatic rings. The first kappa shape index (κ1) is 20.8. The lowest BCUT2D eigenvalue weighted by Crippen LogP contribution is -2.64. The van der Waals surface area contributed by atoms with Crippen molar-refractivity contribution in [2.75, 3.05) is 38.2 Å². The van der Waals surface area contributed by atoms with Crippen LogP contribution in [0.25, 0.3) is 0 Å². The van der Waals surface area contributed by atoms with Crippen LogP contribution < -0.4 is 15.4 Å². The van der Waals surface area contributed by atoms with Gasteiger partial charge in [-0.3, -0.25) is 24.2 Å². The van der Waals surface area contributed by atoms with Gasteiger partial charge in [0.2, 0.25) is 11.8 Å². The number of methoxy groups -OCH3 is 1. The Labute approximate surface area is 176 Å². The first-order chi connectivity index (χ1) is 14.5. The molecule has 0 saturated carbocycles. The molecule has 8 nitrogen and oxygen atoms in total. The largest absolute Gasteiger partial charge is 0.497 e. The third-order valence-corrected chi connectivity index (χ3v) is 6.94. The van der Waals surface area contributed by atoms with Crippen LogP contribution in [0.3, 0.4) is 0 Å². The van der Waals surface area contributed by atoms with Crippen LogP contribution in [-0.4, -0.2) is 72.4 Å². The summed E-state index contributed by atoms with van der Waals surface area (Å²) in [5.74, 6) is 0.0105. The molecule has 4 rings (SSSR count). The third kappa shape index (κ3) is 3.58. The van der Waals surface area contributed by atoms with Crippen molar-refractivity contribution < 1.29 is 19.1 Å². The van der Waals surface area contributed by atoms with Crippen LogP contribution in [-0.2, 0) is 14.4 Å². The van der Waals surface area contributed by atoms with E-state index in [-0.39, 0.29) is 24.1 Å². The average Bonchev–Trinajstić information content (AvgIpc) is 3.08. The molecule has 1 unspecified atom stereocenters. The summed E-state index contributed by atoms with van der Waals surface area (Å²) in [5.41, 5.74) is 5.80. The molecule has 0 bridgehead atoms. The number of imide groups is 1. The van der Waals surface area contributed by atoms with Gasteiger partial charge in [0.15, 0.2) is 0 Å². The Balaban J connectivity index is 1.46. The summed E-state index contributed by atoms with van der Waals surface area (Å²) in [5, 5.41) is 0. The summed E-state index contributed by atoms with van der Waals surface area (Å²) in [7, 11) is 1.57. The summed E-state index contributed by atoms with van der Waals surface area (Å²) in [6.45, 7) is 2.96. The van der Waals surface area contributed by atoms with Crippen molar-refractivity contribution in [3.8, 4) is 5.75 Å². The van der Waals surface area contributed by atoms with Crippen LogP contribution in [0.4, 0.5) is 5.69 Å². The zero-order valence-corrected chi connectivity index (χ0v) is 17.5. The van der Waals surface area contributed by atoms with Gasteiger partial charge in [0.25, 0.3) is 5.91 Å². The standard InChI is InChI=1S/C22H30N4O4/c1-30-17-7-5-16(6-8-17)26-19(27)15-18(20(26)28)24-13-9-22(10-14-24,21(23)29)25-11-3-2-4-12-25/h5-8,18H,2-4,9-15H2,1H3,(H2,23,29). The average molecular weight is 415 g/mol. The minimum Gasteiger partial charge on any atom is -0.497 e. The number of piperidine rings is 2. The summed E-state index contributed by atoms with van der Waals surface area (Å²) >= 11 is 0. The molecular formula is C22H30N4O4. The summed E-state index contributed by atoms with van der Waals surface area (Å²) < 4.78 is 5.15. The van der Waals surface area contributed by atoms with Crippen molar-refractivity contribution in [3.05, 3.63) is 24.3 Å². The third-order valence-electron chi connectivity index (χ3n) is 6.94. The first-order valence-electron chi connectivity index (χ1n) is 10.8. The maximum absolute atomic E-state index is 13.1. The van der Waals surface area contributed by atoms with Crippen LogP contribution in [0.2, 0.25) is 0 Å². The molecule has 3 aliphatic heterocycles. The van der Waals surface area contributed by atoms with Gasteiger partial charge < -0.3 is 10.5 Å². The highest BCUT2D eigenvalue weighted by Gasteiger charge is 2.49. The van der Waals surface area contributed by atoms with Crippen molar-refractivity contribution in [1.29, 1.82) is 0 Å². The summed E-state index contributed by atoms with van der Waals surface area (Å²) in [6.07, 6.45) is 4.73. The molecule has 0 aromatic heterocycles. The van der Waals surface area contributed by atoms with Gasteiger partial charge in [-0.15, -0.1) is 0 Å². The van der Waals surface area contributed by atoms with Crippen molar-refractivity contribution in [3.63, 3.8) is 0 Å². The lowest BCUT2D eigenvalue weighted by Gasteiger charge is -2.48. The van der Waals surface area contributed by atoms with Gasteiger partial charge in [-0.05, 0) is 63.0 Å². The number of likely N-dealkylation sites (tertiary alicyclic amines) is 2. The molecule has 1 atom stereocenters. The Morgan fingerprint density at radius 2 is 1.67 bits per heavy atom. The molecule has 2 N–H and O–H groups in total. The number of nitrogens with two attached hydrogens (primary N) is 1. The fraction of sp³-hybridized carbons (Fsp3) is 0.591. The molecule has 0 radical (unpaired) electrons. The van der Waals surface area contributed by atoms with Crippen LogP contribution in [0.5, 0.6) is 5.75 Å². The fourth-order valence-corrected chi connectivity index (χ4v) is 5.15. The number of hydrogen-bond donors (Lipinski definition) is 1. The maximum atomic E-state index is 13.1. The fourth-order valence-electron chi connectivity index (χ4n) is 5.15. The Bertz CT molecular complexity index is 811. The Kier molecular flexibility index (Phi) is 5.79. The van der Waals surface area contributed by atoms with Crippen LogP contribution in [0.1, 0.15) is 38.5 Å². The van der Waals surface area contributed by atoms with E-state index in [1.165, 1.54) is 11.3 Å². The van der Waals surface area contributed by atoms with E-state index in [9.17, 15) is 14.4 Å². The Morgan fingerprint density at radius 1 is 1.03 bits per heavy atom. The van der Waals surface area contributed by atoms with Crippen molar-refractivity contribution in [2.24, 2.45) is 5.73 Å². The molecule has 3 amide bonds. The number of primary amides is 1. The zero-order chi connectivity index (χ0) is 21.3. The molecular weight excluding hydrogens is 384 g/mol. The number of rotatable bonds is 5. The molecule has 8 heteroatoms. The lowest BCUT2D eigenvalue weighted by molar-refractivity contribution is -0.136. The van der Waals surface area contributed by atoms with Gasteiger partial charge in [-0.25, -0.2) is 4.90 Å². The zero-order valence-electron chi connectivity index (χ0n) is 17.5. The second-order valence-corrected chi connectivity index (χ2v) is 8.46. The van der Waals surface area contributed by atoms with E-state index < -0.39 is 11.6 Å². The molecule has 30 heavy (non-hydrogen) atoms. The number of ether oxygens (including phenoxy) is 1. The number of benzene rings is 1. The van der Waals surface area contributed by atoms with Gasteiger partial charge in [0.05, 0.1) is 25.3 Å². The highest BCUT2D eigenvalue weighted by atomic mass is 16.5. The van der Waals surface area contributed by atoms with Crippen LogP contribution >= 0.6 is 0 Å². The maximum Gasteiger partial charge on any atom is 0.251 e. The highest BCUT2D eigenvalue weighted by Crippen LogP contribution is 2.34. The number of nitrogens with zero attached hydrogens (tertiary/aromatic N) is 3. The monoisotopic (exact) mass is 414 g/mol. The minimum absolute atomic E-state index is 0.165. The Morgan fingerprint density at radius 3 is 2.23 bits per heavy atom. The molecule has 0 spiro atoms. The molecule has 0 aliphatic carbocycles. The normalized spacial score (nSPS) is 25.5. The van der Waals surface area contributed by atoms with E-state index in [1.807, 2.05) is 0 Å². The van der Waals surface area contributed by atoms with E-state index in [0.717, 1.165) is 25.9 Å². The number of hydrogen-bond acceptors (Lipinski definition) is 6. The van der Waals surface area contributed by atoms with Gasteiger partial charge in [0.1, 0.15) is 11.3 Å². The number of carbonyl (C=O) groups excluding carboxylic acids is 3. The number of carbonyl (C=O) groups is 3. The molecule has 162 valence electrons. The molecule has 3 saturated heterocycles. The van der Waals surface area contributed by atoms with E-state index >= 15 is 0 Å². The van der Waals surface area contributed by atoms with Gasteiger partial charge in [0, 0.05) is 13.1 Å². The van der Waals surface area contributed by atoms with Crippen LogP contribution in [0, 0.1) is 0 Å². The molecule has 3 aliphatic rings. The predicted octanol–water partition coefficient (Wildman–Crippen LogP) is 1.13. The van der Waals surface area contributed by atoms with Crippen LogP contribution in [0.15, 0.2) is 24.3 Å². The number of anilines is 1. The van der Waals surface area contributed by atoms with Gasteiger partial charge in [-0.2, -0.15) is 0 Å². The highest BCUT2D eigenvalue weighted by molar-refractivity contribution is 6.22. The van der Waals surface area contributed by atoms with E-state index in [4.69, 9.17) is 10.5 Å². The van der Waals surface area contributed by atoms with E-state index in [1.54, 1.807) is 31.4 Å². The predicted molar refractivity (Wildman–Crippen MR) is 112 cm³/mol. The smallest absolute Gasteiger partial charge is 0.251 e. The molecule has 3 heterocycles. The minimum atomic E-state index is -0.627. The second kappa shape index (κ2) is 8.35. The van der Waals surface area contributed by atoms with E-state index in [2.05, 4.69) is 9.80 Å². The van der Waals surface area contributed by atoms with Gasteiger partial charge in [-0.1, -0.05) is 6.42 Å². The Hall–Kier alpha value is -2.45. The first-order valence-corrected chi connectivity index (χ1v) is 10.8. The second-order valence-electron chi connectivity index (χ2n) is 8.46. The molecule has 3 fully saturated rings. The van der Waals surface area contributed by atoms with E-state index in [0.29, 0.717) is 37.4 Å².